The van der Waals surface area contributed by atoms with Gasteiger partial charge < -0.3 is 5.32 Å². The number of allylic oxidation sites excluding steroid dienone is 2. The van der Waals surface area contributed by atoms with Crippen molar-refractivity contribution < 1.29 is 10.0 Å². The van der Waals surface area contributed by atoms with Crippen LogP contribution in [0.25, 0.3) is 0 Å². The Labute approximate surface area is 144 Å². The maximum atomic E-state index is 11.7. The van der Waals surface area contributed by atoms with Gasteiger partial charge in [-0.15, -0.1) is 0 Å². The summed E-state index contributed by atoms with van der Waals surface area (Å²) in [4.78, 5) is 10.1. The first kappa shape index (κ1) is 16.1. The Hall–Kier alpha value is -1.73. The van der Waals surface area contributed by atoms with Gasteiger partial charge in [0.1, 0.15) is 6.61 Å². The van der Waals surface area contributed by atoms with Gasteiger partial charge in [0.05, 0.1) is 29.5 Å². The highest BCUT2D eigenvalue weighted by Gasteiger charge is 2.21. The number of hydrogen-bond donors (Lipinski definition) is 1. The molecule has 0 bridgehead atoms. The Morgan fingerprint density at radius 1 is 1.35 bits per heavy atom. The van der Waals surface area contributed by atoms with Gasteiger partial charge >= 0.3 is 0 Å². The topological polar surface area (TPSA) is 60.0 Å². The molecule has 1 aromatic carbocycles. The van der Waals surface area contributed by atoms with Gasteiger partial charge in [-0.05, 0) is 24.3 Å². The molecule has 1 aromatic rings. The highest BCUT2D eigenvalue weighted by atomic mass is 35.5. The van der Waals surface area contributed by atoms with E-state index in [0.717, 1.165) is 5.06 Å². The lowest BCUT2D eigenvalue weighted by molar-refractivity contribution is -0.148. The molecule has 1 N–H and O–H groups in total. The molecule has 3 rings (SSSR count). The molecule has 0 atom stereocenters. The summed E-state index contributed by atoms with van der Waals surface area (Å²) in [5.41, 5.74) is 1.13. The molecule has 121 valence electrons. The largest absolute Gasteiger partial charge is 0.352 e. The fourth-order valence-electron chi connectivity index (χ4n) is 2.17. The molecule has 2 heterocycles. The molecule has 0 spiro atoms. The van der Waals surface area contributed by atoms with E-state index in [9.17, 15) is 5.21 Å². The molecule has 6 nitrogen and oxygen atoms in total. The average molecular weight is 354 g/mol. The Kier molecular flexibility index (Phi) is 5.07. The summed E-state index contributed by atoms with van der Waals surface area (Å²) in [5.74, 6) is 0.540. The number of aliphatic imine (C=N–C) groups is 1. The van der Waals surface area contributed by atoms with Crippen molar-refractivity contribution >= 4 is 34.8 Å². The third-order valence-corrected chi connectivity index (χ3v) is 3.91. The molecule has 8 heteroatoms. The molecule has 0 saturated carbocycles. The third-order valence-electron chi connectivity index (χ3n) is 3.35. The molecule has 1 saturated heterocycles. The molecular formula is C15H15Cl2N4O2. The van der Waals surface area contributed by atoms with Crippen LogP contribution in [-0.4, -0.2) is 42.3 Å². The third kappa shape index (κ3) is 3.97. The SMILES string of the molecule is [O]N1CC=CC=C1CON1CCNC1=Nc1cc(Cl)ccc1Cl. The van der Waals surface area contributed by atoms with E-state index >= 15 is 0 Å². The summed E-state index contributed by atoms with van der Waals surface area (Å²) >= 11 is 12.1. The van der Waals surface area contributed by atoms with Crippen molar-refractivity contribution in [1.29, 1.82) is 0 Å². The van der Waals surface area contributed by atoms with Crippen LogP contribution >= 0.6 is 23.2 Å². The molecular weight excluding hydrogens is 339 g/mol. The second-order valence-electron chi connectivity index (χ2n) is 4.98. The average Bonchev–Trinajstić information content (AvgIpc) is 2.97. The molecule has 0 aliphatic carbocycles. The zero-order valence-corrected chi connectivity index (χ0v) is 13.7. The number of guanidine groups is 1. The number of hydrogen-bond acceptors (Lipinski definition) is 3. The molecule has 2 aliphatic heterocycles. The van der Waals surface area contributed by atoms with Crippen molar-refractivity contribution in [2.45, 2.75) is 0 Å². The summed E-state index contributed by atoms with van der Waals surface area (Å²) in [5, 5.41) is 18.4. The standard InChI is InChI=1S/C15H15Cl2N4O2/c16-11-4-5-13(17)14(9-11)19-15-18-6-8-21(15)23-10-12-3-1-2-7-20(12)22/h1-5,9H,6-8,10H2,(H,18,19). The number of halogens is 2. The normalized spacial score (nSPS) is 19.3. The Morgan fingerprint density at radius 2 is 2.22 bits per heavy atom. The van der Waals surface area contributed by atoms with E-state index in [-0.39, 0.29) is 6.61 Å². The van der Waals surface area contributed by atoms with Crippen molar-refractivity contribution in [1.82, 2.24) is 15.4 Å². The van der Waals surface area contributed by atoms with Crippen LogP contribution in [0, 0.1) is 0 Å². The van der Waals surface area contributed by atoms with Crippen molar-refractivity contribution in [3.8, 4) is 0 Å². The fourth-order valence-corrected chi connectivity index (χ4v) is 2.50. The first-order valence-electron chi connectivity index (χ1n) is 7.12. The van der Waals surface area contributed by atoms with Crippen LogP contribution in [0.1, 0.15) is 0 Å². The van der Waals surface area contributed by atoms with Crippen molar-refractivity contribution in [2.24, 2.45) is 4.99 Å². The Bertz CT molecular complexity index is 675. The van der Waals surface area contributed by atoms with E-state index in [1.165, 1.54) is 0 Å². The van der Waals surface area contributed by atoms with Crippen molar-refractivity contribution in [3.05, 3.63) is 52.2 Å². The van der Waals surface area contributed by atoms with E-state index in [2.05, 4.69) is 10.3 Å². The number of hydroxylamine groups is 4. The lowest BCUT2D eigenvalue weighted by atomic mass is 10.3. The molecule has 1 radical (unpaired) electrons. The van der Waals surface area contributed by atoms with Gasteiger partial charge in [-0.25, -0.2) is 15.1 Å². The smallest absolute Gasteiger partial charge is 0.223 e. The minimum atomic E-state index is 0.178. The first-order chi connectivity index (χ1) is 11.1. The number of nitrogens with zero attached hydrogens (tertiary/aromatic N) is 3. The van der Waals surface area contributed by atoms with Gasteiger partial charge in [0, 0.05) is 11.6 Å². The molecule has 0 unspecified atom stereocenters. The zero-order valence-electron chi connectivity index (χ0n) is 12.2. The summed E-state index contributed by atoms with van der Waals surface area (Å²) in [6.07, 6.45) is 5.38. The van der Waals surface area contributed by atoms with Crippen LogP contribution in [-0.2, 0) is 10.0 Å². The lowest BCUT2D eigenvalue weighted by Gasteiger charge is -2.22. The van der Waals surface area contributed by atoms with Gasteiger partial charge in [-0.1, -0.05) is 40.6 Å². The van der Waals surface area contributed by atoms with Crippen LogP contribution in [0.3, 0.4) is 0 Å². The summed E-state index contributed by atoms with van der Waals surface area (Å²) in [7, 11) is 0. The number of rotatable bonds is 4. The van der Waals surface area contributed by atoms with Gasteiger partial charge in [-0.3, -0.25) is 4.84 Å². The van der Waals surface area contributed by atoms with Crippen LogP contribution in [0.2, 0.25) is 10.0 Å². The van der Waals surface area contributed by atoms with E-state index in [0.29, 0.717) is 47.0 Å². The number of nitrogens with one attached hydrogen (secondary N) is 1. The van der Waals surface area contributed by atoms with Crippen molar-refractivity contribution in [3.63, 3.8) is 0 Å². The van der Waals surface area contributed by atoms with Crippen molar-refractivity contribution in [2.75, 3.05) is 26.2 Å². The second kappa shape index (κ2) is 7.23. The van der Waals surface area contributed by atoms with Gasteiger partial charge in [0.25, 0.3) is 0 Å². The highest BCUT2D eigenvalue weighted by Crippen LogP contribution is 2.28. The minimum Gasteiger partial charge on any atom is -0.352 e. The maximum absolute atomic E-state index is 11.7. The first-order valence-corrected chi connectivity index (χ1v) is 7.87. The summed E-state index contributed by atoms with van der Waals surface area (Å²) < 4.78 is 0. The van der Waals surface area contributed by atoms with E-state index in [1.807, 2.05) is 6.08 Å². The molecule has 2 aliphatic rings. The van der Waals surface area contributed by atoms with E-state index in [1.54, 1.807) is 35.4 Å². The summed E-state index contributed by atoms with van der Waals surface area (Å²) in [6.45, 7) is 1.83. The Morgan fingerprint density at radius 3 is 3.04 bits per heavy atom. The molecule has 1 fully saturated rings. The van der Waals surface area contributed by atoms with Crippen LogP contribution in [0.5, 0.6) is 0 Å². The molecule has 0 aromatic heterocycles. The monoisotopic (exact) mass is 353 g/mol. The minimum absolute atomic E-state index is 0.178. The highest BCUT2D eigenvalue weighted by molar-refractivity contribution is 6.35. The quantitative estimate of drug-likeness (QED) is 0.903. The molecule has 23 heavy (non-hydrogen) atoms. The lowest BCUT2D eigenvalue weighted by Crippen LogP contribution is -2.33. The Balaban J connectivity index is 1.70. The zero-order chi connectivity index (χ0) is 16.2. The maximum Gasteiger partial charge on any atom is 0.223 e. The number of benzene rings is 1. The van der Waals surface area contributed by atoms with Crippen LogP contribution in [0.15, 0.2) is 47.1 Å². The summed E-state index contributed by atoms with van der Waals surface area (Å²) in [6, 6.07) is 5.08. The van der Waals surface area contributed by atoms with Crippen LogP contribution < -0.4 is 5.32 Å². The predicted molar refractivity (Wildman–Crippen MR) is 88.8 cm³/mol. The van der Waals surface area contributed by atoms with E-state index in [4.69, 9.17) is 28.0 Å². The fraction of sp³-hybridized carbons (Fsp3) is 0.267. The van der Waals surface area contributed by atoms with E-state index < -0.39 is 0 Å². The van der Waals surface area contributed by atoms with Gasteiger partial charge in [0.2, 0.25) is 5.96 Å². The van der Waals surface area contributed by atoms with Crippen LogP contribution in [0.4, 0.5) is 5.69 Å². The van der Waals surface area contributed by atoms with Gasteiger partial charge in [-0.2, -0.15) is 0 Å². The van der Waals surface area contributed by atoms with Gasteiger partial charge in [0.15, 0.2) is 0 Å². The second-order valence-corrected chi connectivity index (χ2v) is 5.82. The predicted octanol–water partition coefficient (Wildman–Crippen LogP) is 2.92. The molecule has 0 amide bonds.